The largest absolute Gasteiger partial charge is 0.368 e. The molecule has 1 aromatic carbocycles. The summed E-state index contributed by atoms with van der Waals surface area (Å²) in [4.78, 5) is 17.9. The first kappa shape index (κ1) is 17.6. The quantitative estimate of drug-likeness (QED) is 0.726. The molecule has 0 saturated carbocycles. The fourth-order valence-corrected chi connectivity index (χ4v) is 3.86. The van der Waals surface area contributed by atoms with E-state index in [1.54, 1.807) is 36.7 Å². The Kier molecular flexibility index (Phi) is 4.40. The van der Waals surface area contributed by atoms with Crippen molar-refractivity contribution in [2.45, 2.75) is 11.8 Å². The molecule has 3 aromatic rings. The van der Waals surface area contributed by atoms with Crippen LogP contribution in [0.4, 0.5) is 11.5 Å². The van der Waals surface area contributed by atoms with E-state index in [2.05, 4.69) is 24.8 Å². The molecule has 2 N–H and O–H groups in total. The molecule has 1 aliphatic rings. The smallest absolute Gasteiger partial charge is 0.238 e. The van der Waals surface area contributed by atoms with Crippen LogP contribution in [0, 0.1) is 6.92 Å². The SMILES string of the molecule is Cc1nc(N2CCN(c3ccc(S(N)(=O)=O)cc3)CC2)c2ccncc2n1. The number of benzene rings is 1. The summed E-state index contributed by atoms with van der Waals surface area (Å²) in [5.41, 5.74) is 1.83. The first-order chi connectivity index (χ1) is 12.9. The third-order valence-electron chi connectivity index (χ3n) is 4.70. The third kappa shape index (κ3) is 3.56. The van der Waals surface area contributed by atoms with Gasteiger partial charge in [-0.2, -0.15) is 0 Å². The Morgan fingerprint density at radius 1 is 0.963 bits per heavy atom. The number of nitrogens with zero attached hydrogens (tertiary/aromatic N) is 5. The number of pyridine rings is 1. The zero-order chi connectivity index (χ0) is 19.0. The fourth-order valence-electron chi connectivity index (χ4n) is 3.34. The lowest BCUT2D eigenvalue weighted by molar-refractivity contribution is 0.597. The highest BCUT2D eigenvalue weighted by Gasteiger charge is 2.21. The summed E-state index contributed by atoms with van der Waals surface area (Å²) in [5.74, 6) is 1.66. The topological polar surface area (TPSA) is 105 Å². The van der Waals surface area contributed by atoms with Crippen LogP contribution in [0.15, 0.2) is 47.6 Å². The standard InChI is InChI=1S/C18H20N6O2S/c1-13-21-17-12-20-7-6-16(17)18(22-13)24-10-8-23(9-11-24)14-2-4-15(5-3-14)27(19,25)26/h2-7,12H,8-11H2,1H3,(H2,19,25,26). The van der Waals surface area contributed by atoms with E-state index in [1.165, 1.54) is 0 Å². The van der Waals surface area contributed by atoms with Crippen molar-refractivity contribution in [1.29, 1.82) is 0 Å². The number of sulfonamides is 1. The van der Waals surface area contributed by atoms with E-state index in [-0.39, 0.29) is 4.90 Å². The monoisotopic (exact) mass is 384 g/mol. The molecule has 4 rings (SSSR count). The highest BCUT2D eigenvalue weighted by molar-refractivity contribution is 7.89. The summed E-state index contributed by atoms with van der Waals surface area (Å²) < 4.78 is 22.8. The summed E-state index contributed by atoms with van der Waals surface area (Å²) in [6.07, 6.45) is 3.52. The van der Waals surface area contributed by atoms with Crippen molar-refractivity contribution in [3.63, 3.8) is 0 Å². The van der Waals surface area contributed by atoms with Gasteiger partial charge in [0.05, 0.1) is 16.6 Å². The van der Waals surface area contributed by atoms with Gasteiger partial charge in [-0.25, -0.2) is 23.5 Å². The lowest BCUT2D eigenvalue weighted by atomic mass is 10.2. The predicted molar refractivity (Wildman–Crippen MR) is 104 cm³/mol. The normalized spacial score (nSPS) is 15.3. The number of hydrogen-bond acceptors (Lipinski definition) is 7. The van der Waals surface area contributed by atoms with E-state index in [9.17, 15) is 8.42 Å². The molecule has 0 spiro atoms. The minimum absolute atomic E-state index is 0.126. The summed E-state index contributed by atoms with van der Waals surface area (Å²) in [7, 11) is -3.67. The van der Waals surface area contributed by atoms with Gasteiger partial charge in [-0.3, -0.25) is 4.98 Å². The molecule has 0 radical (unpaired) electrons. The molecule has 3 heterocycles. The van der Waals surface area contributed by atoms with E-state index in [4.69, 9.17) is 5.14 Å². The van der Waals surface area contributed by atoms with Gasteiger partial charge >= 0.3 is 0 Å². The maximum absolute atomic E-state index is 11.4. The van der Waals surface area contributed by atoms with Crippen LogP contribution >= 0.6 is 0 Å². The van der Waals surface area contributed by atoms with E-state index >= 15 is 0 Å². The van der Waals surface area contributed by atoms with Crippen LogP contribution in [0.1, 0.15) is 5.82 Å². The van der Waals surface area contributed by atoms with Gasteiger partial charge in [-0.15, -0.1) is 0 Å². The molecule has 9 heteroatoms. The summed E-state index contributed by atoms with van der Waals surface area (Å²) in [5, 5.41) is 6.16. The Morgan fingerprint density at radius 2 is 1.63 bits per heavy atom. The zero-order valence-electron chi connectivity index (χ0n) is 14.9. The highest BCUT2D eigenvalue weighted by atomic mass is 32.2. The number of primary sulfonamides is 1. The molecular formula is C18H20N6O2S. The maximum atomic E-state index is 11.4. The summed E-state index contributed by atoms with van der Waals surface area (Å²) >= 11 is 0. The van der Waals surface area contributed by atoms with Gasteiger partial charge < -0.3 is 9.80 Å². The van der Waals surface area contributed by atoms with Crippen molar-refractivity contribution < 1.29 is 8.42 Å². The second kappa shape index (κ2) is 6.75. The van der Waals surface area contributed by atoms with E-state index in [0.717, 1.165) is 54.4 Å². The second-order valence-corrected chi connectivity index (χ2v) is 8.06. The number of hydrogen-bond donors (Lipinski definition) is 1. The van der Waals surface area contributed by atoms with Gasteiger partial charge in [0.1, 0.15) is 11.6 Å². The molecule has 140 valence electrons. The van der Waals surface area contributed by atoms with E-state index in [1.807, 2.05) is 13.0 Å². The first-order valence-corrected chi connectivity index (χ1v) is 10.2. The Balaban J connectivity index is 1.53. The first-order valence-electron chi connectivity index (χ1n) is 8.63. The summed E-state index contributed by atoms with van der Waals surface area (Å²) in [6.45, 7) is 5.13. The molecule has 27 heavy (non-hydrogen) atoms. The summed E-state index contributed by atoms with van der Waals surface area (Å²) in [6, 6.07) is 8.63. The average molecular weight is 384 g/mol. The van der Waals surface area contributed by atoms with Crippen molar-refractivity contribution in [2.24, 2.45) is 5.14 Å². The van der Waals surface area contributed by atoms with Gasteiger partial charge in [0, 0.05) is 43.4 Å². The molecule has 1 fully saturated rings. The maximum Gasteiger partial charge on any atom is 0.238 e. The minimum atomic E-state index is -3.67. The number of aromatic nitrogens is 3. The highest BCUT2D eigenvalue weighted by Crippen LogP contribution is 2.26. The molecule has 0 unspecified atom stereocenters. The molecule has 0 atom stereocenters. The van der Waals surface area contributed by atoms with Gasteiger partial charge in [0.25, 0.3) is 0 Å². The van der Waals surface area contributed by atoms with E-state index < -0.39 is 10.0 Å². The van der Waals surface area contributed by atoms with Gasteiger partial charge in [0.15, 0.2) is 0 Å². The van der Waals surface area contributed by atoms with Crippen LogP contribution in [0.3, 0.4) is 0 Å². The number of fused-ring (bicyclic) bond motifs is 1. The number of aryl methyl sites for hydroxylation is 1. The molecule has 0 amide bonds. The molecule has 1 aliphatic heterocycles. The Labute approximate surface area is 157 Å². The Bertz CT molecular complexity index is 1080. The van der Waals surface area contributed by atoms with Crippen LogP contribution in [0.5, 0.6) is 0 Å². The molecule has 0 aliphatic carbocycles. The lowest BCUT2D eigenvalue weighted by Gasteiger charge is -2.37. The van der Waals surface area contributed by atoms with Crippen molar-refractivity contribution in [2.75, 3.05) is 36.0 Å². The minimum Gasteiger partial charge on any atom is -0.368 e. The van der Waals surface area contributed by atoms with Crippen LogP contribution < -0.4 is 14.9 Å². The van der Waals surface area contributed by atoms with Crippen LogP contribution in [0.2, 0.25) is 0 Å². The van der Waals surface area contributed by atoms with Crippen molar-refractivity contribution in [1.82, 2.24) is 15.0 Å². The third-order valence-corrected chi connectivity index (χ3v) is 5.63. The Hall–Kier alpha value is -2.78. The van der Waals surface area contributed by atoms with Crippen molar-refractivity contribution in [3.05, 3.63) is 48.5 Å². The Morgan fingerprint density at radius 3 is 2.30 bits per heavy atom. The van der Waals surface area contributed by atoms with Crippen molar-refractivity contribution in [3.8, 4) is 0 Å². The van der Waals surface area contributed by atoms with Gasteiger partial charge in [-0.05, 0) is 37.3 Å². The molecule has 0 bridgehead atoms. The zero-order valence-corrected chi connectivity index (χ0v) is 15.7. The van der Waals surface area contributed by atoms with Crippen LogP contribution in [-0.4, -0.2) is 49.5 Å². The number of anilines is 2. The number of rotatable bonds is 3. The average Bonchev–Trinajstić information content (AvgIpc) is 2.67. The second-order valence-electron chi connectivity index (χ2n) is 6.50. The molecule has 2 aromatic heterocycles. The van der Waals surface area contributed by atoms with Crippen LogP contribution in [0.25, 0.3) is 10.9 Å². The van der Waals surface area contributed by atoms with Gasteiger partial charge in [0.2, 0.25) is 10.0 Å². The molecular weight excluding hydrogens is 364 g/mol. The van der Waals surface area contributed by atoms with Crippen molar-refractivity contribution >= 4 is 32.4 Å². The molecule has 1 saturated heterocycles. The van der Waals surface area contributed by atoms with E-state index in [0.29, 0.717) is 0 Å². The number of piperazine rings is 1. The number of nitrogens with two attached hydrogens (primary N) is 1. The van der Waals surface area contributed by atoms with Gasteiger partial charge in [-0.1, -0.05) is 0 Å². The fraction of sp³-hybridized carbons (Fsp3) is 0.278. The lowest BCUT2D eigenvalue weighted by Crippen LogP contribution is -2.47. The van der Waals surface area contributed by atoms with Crippen LogP contribution in [-0.2, 0) is 10.0 Å². The molecule has 8 nitrogen and oxygen atoms in total. The predicted octanol–water partition coefficient (Wildman–Crippen LogP) is 1.31.